The molecule has 23 heavy (non-hydrogen) atoms. The summed E-state index contributed by atoms with van der Waals surface area (Å²) in [4.78, 5) is 32.7. The first kappa shape index (κ1) is 16.5. The van der Waals surface area contributed by atoms with E-state index in [0.29, 0.717) is 11.1 Å². The summed E-state index contributed by atoms with van der Waals surface area (Å²) in [6.45, 7) is 6.83. The average Bonchev–Trinajstić information content (AvgIpc) is 2.81. The van der Waals surface area contributed by atoms with E-state index >= 15 is 0 Å². The monoisotopic (exact) mass is 351 g/mol. The van der Waals surface area contributed by atoms with Crippen molar-refractivity contribution in [2.45, 2.75) is 45.2 Å². The van der Waals surface area contributed by atoms with Crippen LogP contribution in [0, 0.1) is 11.3 Å². The number of aromatic nitrogens is 2. The summed E-state index contributed by atoms with van der Waals surface area (Å²) in [7, 11) is 0. The quantitative estimate of drug-likeness (QED) is 0.657. The molecule has 2 aromatic rings. The van der Waals surface area contributed by atoms with Gasteiger partial charge < -0.3 is 10.7 Å². The Balaban J connectivity index is 1.98. The Labute approximate surface area is 143 Å². The van der Waals surface area contributed by atoms with Crippen LogP contribution in [0.4, 0.5) is 0 Å². The fourth-order valence-electron chi connectivity index (χ4n) is 3.11. The molecule has 7 heteroatoms. The van der Waals surface area contributed by atoms with E-state index < -0.39 is 5.91 Å². The standard InChI is InChI=1S/C16H21N3O2S2/c1-16(2,3)8-4-5-9-10(6-8)23-14-12(9)13(21)18-15(19-14)22-7-11(17)20/h8H,4-7H2,1-3H3,(H2,17,20)(H,18,19,21). The summed E-state index contributed by atoms with van der Waals surface area (Å²) in [5.41, 5.74) is 6.49. The fraction of sp³-hybridized carbons (Fsp3) is 0.562. The molecule has 1 unspecified atom stereocenters. The molecule has 124 valence electrons. The number of hydrogen-bond donors (Lipinski definition) is 2. The van der Waals surface area contributed by atoms with Crippen LogP contribution in [0.3, 0.4) is 0 Å². The van der Waals surface area contributed by atoms with Gasteiger partial charge in [0.2, 0.25) is 5.91 Å². The minimum absolute atomic E-state index is 0.103. The van der Waals surface area contributed by atoms with E-state index in [1.165, 1.54) is 22.2 Å². The Morgan fingerprint density at radius 3 is 2.87 bits per heavy atom. The van der Waals surface area contributed by atoms with Gasteiger partial charge in [-0.15, -0.1) is 11.3 Å². The Bertz CT molecular complexity index is 817. The van der Waals surface area contributed by atoms with Crippen molar-refractivity contribution < 1.29 is 4.79 Å². The highest BCUT2D eigenvalue weighted by atomic mass is 32.2. The number of thioether (sulfide) groups is 1. The van der Waals surface area contributed by atoms with Crippen LogP contribution < -0.4 is 11.3 Å². The average molecular weight is 351 g/mol. The lowest BCUT2D eigenvalue weighted by atomic mass is 9.72. The molecule has 2 aromatic heterocycles. The van der Waals surface area contributed by atoms with Gasteiger partial charge in [0.15, 0.2) is 5.16 Å². The van der Waals surface area contributed by atoms with E-state index in [2.05, 4.69) is 30.7 Å². The highest BCUT2D eigenvalue weighted by molar-refractivity contribution is 7.99. The number of primary amides is 1. The number of hydrogen-bond acceptors (Lipinski definition) is 5. The molecule has 1 aliphatic carbocycles. The molecule has 5 nitrogen and oxygen atoms in total. The van der Waals surface area contributed by atoms with Crippen molar-refractivity contribution in [3.05, 3.63) is 20.8 Å². The molecule has 0 radical (unpaired) electrons. The van der Waals surface area contributed by atoms with E-state index in [0.717, 1.165) is 29.5 Å². The van der Waals surface area contributed by atoms with Crippen molar-refractivity contribution in [2.75, 3.05) is 5.75 Å². The van der Waals surface area contributed by atoms with Crippen molar-refractivity contribution >= 4 is 39.2 Å². The normalized spacial score (nSPS) is 18.1. The second-order valence-corrected chi connectivity index (χ2v) is 9.16. The maximum absolute atomic E-state index is 12.4. The van der Waals surface area contributed by atoms with E-state index in [9.17, 15) is 9.59 Å². The molecule has 3 N–H and O–H groups in total. The number of aryl methyl sites for hydroxylation is 1. The van der Waals surface area contributed by atoms with Gasteiger partial charge in [0, 0.05) is 4.88 Å². The smallest absolute Gasteiger partial charge is 0.260 e. The van der Waals surface area contributed by atoms with Gasteiger partial charge in [0.1, 0.15) is 4.83 Å². The Morgan fingerprint density at radius 1 is 1.48 bits per heavy atom. The van der Waals surface area contributed by atoms with E-state index in [-0.39, 0.29) is 16.7 Å². The lowest BCUT2D eigenvalue weighted by molar-refractivity contribution is -0.115. The zero-order valence-electron chi connectivity index (χ0n) is 13.6. The van der Waals surface area contributed by atoms with Crippen LogP contribution in [0.2, 0.25) is 0 Å². The van der Waals surface area contributed by atoms with Crippen molar-refractivity contribution in [1.82, 2.24) is 9.97 Å². The highest BCUT2D eigenvalue weighted by Crippen LogP contribution is 2.42. The van der Waals surface area contributed by atoms with Gasteiger partial charge in [0.05, 0.1) is 11.1 Å². The molecule has 1 amide bonds. The topological polar surface area (TPSA) is 88.8 Å². The number of rotatable bonds is 3. The first-order chi connectivity index (χ1) is 10.8. The fourth-order valence-corrected chi connectivity index (χ4v) is 5.07. The third-order valence-corrected chi connectivity index (χ3v) is 6.52. The summed E-state index contributed by atoms with van der Waals surface area (Å²) in [6, 6.07) is 0. The van der Waals surface area contributed by atoms with Crippen molar-refractivity contribution in [2.24, 2.45) is 17.1 Å². The molecule has 1 atom stereocenters. The summed E-state index contributed by atoms with van der Waals surface area (Å²) in [5, 5.41) is 1.20. The molecular weight excluding hydrogens is 330 g/mol. The number of nitrogens with one attached hydrogen (secondary N) is 1. The van der Waals surface area contributed by atoms with E-state index in [4.69, 9.17) is 5.73 Å². The van der Waals surface area contributed by atoms with Crippen LogP contribution in [-0.4, -0.2) is 21.6 Å². The second kappa shape index (κ2) is 5.94. The van der Waals surface area contributed by atoms with Crippen LogP contribution in [-0.2, 0) is 17.6 Å². The van der Waals surface area contributed by atoms with Crippen molar-refractivity contribution in [1.29, 1.82) is 0 Å². The maximum Gasteiger partial charge on any atom is 0.260 e. The van der Waals surface area contributed by atoms with Gasteiger partial charge in [0.25, 0.3) is 5.56 Å². The first-order valence-corrected chi connectivity index (χ1v) is 9.51. The van der Waals surface area contributed by atoms with Crippen LogP contribution >= 0.6 is 23.1 Å². The number of carbonyl (C=O) groups excluding carboxylic acids is 1. The van der Waals surface area contributed by atoms with Crippen LogP contribution in [0.15, 0.2) is 9.95 Å². The van der Waals surface area contributed by atoms with Crippen molar-refractivity contribution in [3.8, 4) is 0 Å². The Kier molecular flexibility index (Phi) is 4.27. The molecular formula is C16H21N3O2S2. The summed E-state index contributed by atoms with van der Waals surface area (Å²) in [5.74, 6) is 0.327. The van der Waals surface area contributed by atoms with Gasteiger partial charge in [-0.3, -0.25) is 9.59 Å². The number of thiophene rings is 1. The van der Waals surface area contributed by atoms with Gasteiger partial charge in [-0.05, 0) is 36.2 Å². The van der Waals surface area contributed by atoms with E-state index in [1.807, 2.05) is 0 Å². The number of H-pyrrole nitrogens is 1. The molecule has 0 spiro atoms. The Hall–Kier alpha value is -1.34. The Morgan fingerprint density at radius 2 is 2.22 bits per heavy atom. The summed E-state index contributed by atoms with van der Waals surface area (Å²) < 4.78 is 0. The number of aromatic amines is 1. The minimum atomic E-state index is -0.420. The SMILES string of the molecule is CC(C)(C)C1CCc2c(sc3nc(SCC(N)=O)[nH]c(=O)c23)C1. The van der Waals surface area contributed by atoms with Crippen LogP contribution in [0.1, 0.15) is 37.6 Å². The molecule has 1 aliphatic rings. The van der Waals surface area contributed by atoms with Gasteiger partial charge >= 0.3 is 0 Å². The van der Waals surface area contributed by atoms with Gasteiger partial charge in [-0.2, -0.15) is 0 Å². The highest BCUT2D eigenvalue weighted by Gasteiger charge is 2.31. The minimum Gasteiger partial charge on any atom is -0.369 e. The molecule has 2 heterocycles. The molecule has 3 rings (SSSR count). The van der Waals surface area contributed by atoms with Crippen molar-refractivity contribution in [3.63, 3.8) is 0 Å². The molecule has 0 aromatic carbocycles. The number of fused-ring (bicyclic) bond motifs is 3. The molecule has 0 aliphatic heterocycles. The zero-order valence-corrected chi connectivity index (χ0v) is 15.2. The maximum atomic E-state index is 12.4. The van der Waals surface area contributed by atoms with Gasteiger partial charge in [-0.1, -0.05) is 32.5 Å². The van der Waals surface area contributed by atoms with Crippen LogP contribution in [0.25, 0.3) is 10.2 Å². The lowest BCUT2D eigenvalue weighted by Gasteiger charge is -2.33. The molecule has 0 saturated carbocycles. The third kappa shape index (κ3) is 3.30. The first-order valence-electron chi connectivity index (χ1n) is 7.71. The predicted molar refractivity (Wildman–Crippen MR) is 95.1 cm³/mol. The number of nitrogens with zero attached hydrogens (tertiary/aromatic N) is 1. The van der Waals surface area contributed by atoms with Crippen LogP contribution in [0.5, 0.6) is 0 Å². The number of carbonyl (C=O) groups is 1. The van der Waals surface area contributed by atoms with E-state index in [1.54, 1.807) is 11.3 Å². The van der Waals surface area contributed by atoms with Gasteiger partial charge in [-0.25, -0.2) is 4.98 Å². The number of amides is 1. The molecule has 0 bridgehead atoms. The number of nitrogens with two attached hydrogens (primary N) is 1. The predicted octanol–water partition coefficient (Wildman–Crippen LogP) is 2.71. The second-order valence-electron chi connectivity index (χ2n) is 7.12. The molecule has 0 fully saturated rings. The summed E-state index contributed by atoms with van der Waals surface area (Å²) >= 11 is 2.80. The zero-order chi connectivity index (χ0) is 16.8. The third-order valence-electron chi connectivity index (χ3n) is 4.47. The summed E-state index contributed by atoms with van der Waals surface area (Å²) in [6.07, 6.45) is 3.07. The molecule has 0 saturated heterocycles. The lowest BCUT2D eigenvalue weighted by Crippen LogP contribution is -2.26. The largest absolute Gasteiger partial charge is 0.369 e.